The van der Waals surface area contributed by atoms with Crippen molar-refractivity contribution in [2.75, 3.05) is 84.8 Å². The van der Waals surface area contributed by atoms with E-state index in [1.54, 1.807) is 0 Å². The molecule has 3 aliphatic heterocycles. The molecule has 0 saturated carbocycles. The van der Waals surface area contributed by atoms with Crippen LogP contribution in [0.15, 0.2) is 53.8 Å². The molecule has 2 fully saturated rings. The highest BCUT2D eigenvalue weighted by Gasteiger charge is 2.28. The number of nitrogens with zero attached hydrogens (tertiary/aromatic N) is 5. The quantitative estimate of drug-likeness (QED) is 0.459. The van der Waals surface area contributed by atoms with Crippen molar-refractivity contribution in [2.24, 2.45) is 0 Å². The van der Waals surface area contributed by atoms with E-state index < -0.39 is 0 Å². The molecule has 0 atom stereocenters. The number of hydrogen-bond donors (Lipinski definition) is 3. The summed E-state index contributed by atoms with van der Waals surface area (Å²) in [4.78, 5) is 10.2. The molecule has 2 saturated heterocycles. The van der Waals surface area contributed by atoms with Crippen molar-refractivity contribution < 1.29 is 5.11 Å². The molecule has 4 N–H and O–H groups in total. The van der Waals surface area contributed by atoms with Crippen LogP contribution in [0.2, 0.25) is 0 Å². The Morgan fingerprint density at radius 1 is 0.902 bits per heavy atom. The van der Waals surface area contributed by atoms with Gasteiger partial charge in [0, 0.05) is 83.1 Å². The first-order valence-corrected chi connectivity index (χ1v) is 15.9. The number of hydrogen-bond acceptors (Lipinski definition) is 7. The zero-order valence-corrected chi connectivity index (χ0v) is 24.9. The number of para-hydroxylation sites is 1. The Hall–Kier alpha value is -2.78. The zero-order chi connectivity index (χ0) is 28.2. The molecule has 222 valence electrons. The third kappa shape index (κ3) is 6.51. The summed E-state index contributed by atoms with van der Waals surface area (Å²) in [7, 11) is 2.23. The summed E-state index contributed by atoms with van der Waals surface area (Å²) in [5.74, 6) is 0. The summed E-state index contributed by atoms with van der Waals surface area (Å²) in [6, 6.07) is 8.64. The van der Waals surface area contributed by atoms with Gasteiger partial charge in [0.15, 0.2) is 0 Å². The Balaban J connectivity index is 1.19. The number of fused-ring (bicyclic) bond motifs is 3. The monoisotopic (exact) mass is 559 g/mol. The molecule has 1 aromatic carbocycles. The van der Waals surface area contributed by atoms with E-state index in [-0.39, 0.29) is 6.10 Å². The van der Waals surface area contributed by atoms with Gasteiger partial charge in [0.2, 0.25) is 0 Å². The number of nitrogen functional groups attached to an aromatic ring is 1. The van der Waals surface area contributed by atoms with E-state index in [9.17, 15) is 5.11 Å². The van der Waals surface area contributed by atoms with Crippen LogP contribution in [0.25, 0.3) is 16.6 Å². The summed E-state index contributed by atoms with van der Waals surface area (Å²) in [6.07, 6.45) is 11.8. The normalized spacial score (nSPS) is 23.6. The molecule has 8 heteroatoms. The number of aromatic nitrogens is 1. The molecular weight excluding hydrogens is 510 g/mol. The predicted octanol–water partition coefficient (Wildman–Crippen LogP) is 3.17. The van der Waals surface area contributed by atoms with Gasteiger partial charge in [-0.05, 0) is 63.4 Å². The first kappa shape index (κ1) is 28.3. The average molecular weight is 560 g/mol. The molecule has 0 radical (unpaired) electrons. The topological polar surface area (TPSA) is 76.2 Å². The predicted molar refractivity (Wildman–Crippen MR) is 170 cm³/mol. The SMILES string of the molecule is CN1CCN(CCCN2CCCn3c(c(N)c4ccccc43)/C2=C2/C=CC(NCCN3CCC(O)CC3)=CC2)CC1. The highest BCUT2D eigenvalue weighted by Crippen LogP contribution is 2.40. The molecule has 1 aromatic heterocycles. The van der Waals surface area contributed by atoms with Crippen molar-refractivity contribution in [1.82, 2.24) is 29.5 Å². The molecule has 4 heterocycles. The van der Waals surface area contributed by atoms with Crippen LogP contribution >= 0.6 is 0 Å². The molecule has 0 bridgehead atoms. The van der Waals surface area contributed by atoms with E-state index in [0.717, 1.165) is 83.7 Å². The Kier molecular flexibility index (Phi) is 9.01. The van der Waals surface area contributed by atoms with Crippen LogP contribution in [-0.2, 0) is 6.54 Å². The lowest BCUT2D eigenvalue weighted by Gasteiger charge is -2.34. The fourth-order valence-electron chi connectivity index (χ4n) is 6.99. The second-order valence-electron chi connectivity index (χ2n) is 12.3. The zero-order valence-electron chi connectivity index (χ0n) is 24.9. The molecule has 8 nitrogen and oxygen atoms in total. The van der Waals surface area contributed by atoms with Gasteiger partial charge in [-0.25, -0.2) is 0 Å². The summed E-state index contributed by atoms with van der Waals surface area (Å²) in [6.45, 7) is 12.9. The maximum absolute atomic E-state index is 9.78. The van der Waals surface area contributed by atoms with Gasteiger partial charge in [-0.2, -0.15) is 0 Å². The van der Waals surface area contributed by atoms with Crippen LogP contribution in [0.1, 0.15) is 37.8 Å². The minimum atomic E-state index is -0.113. The van der Waals surface area contributed by atoms with Gasteiger partial charge in [-0.3, -0.25) is 0 Å². The number of anilines is 1. The van der Waals surface area contributed by atoms with E-state index >= 15 is 0 Å². The van der Waals surface area contributed by atoms with Crippen molar-refractivity contribution in [2.45, 2.75) is 44.8 Å². The highest BCUT2D eigenvalue weighted by molar-refractivity contribution is 5.99. The number of allylic oxidation sites excluding steroid dienone is 4. The second kappa shape index (κ2) is 13.0. The van der Waals surface area contributed by atoms with Gasteiger partial charge in [-0.1, -0.05) is 30.4 Å². The van der Waals surface area contributed by atoms with Gasteiger partial charge in [0.25, 0.3) is 0 Å². The number of aliphatic hydroxyl groups is 1. The molecule has 1 aliphatic carbocycles. The lowest BCUT2D eigenvalue weighted by Crippen LogP contribution is -2.45. The van der Waals surface area contributed by atoms with E-state index in [1.807, 2.05) is 0 Å². The number of aliphatic hydroxyl groups excluding tert-OH is 1. The van der Waals surface area contributed by atoms with Gasteiger partial charge in [0.1, 0.15) is 0 Å². The number of piperidine rings is 1. The third-order valence-electron chi connectivity index (χ3n) is 9.48. The van der Waals surface area contributed by atoms with Crippen molar-refractivity contribution >= 4 is 22.3 Å². The summed E-state index contributed by atoms with van der Waals surface area (Å²) >= 11 is 0. The smallest absolute Gasteiger partial charge is 0.0892 e. The highest BCUT2D eigenvalue weighted by atomic mass is 16.3. The number of likely N-dealkylation sites (N-methyl/N-ethyl adjacent to an activating group) is 1. The number of piperazine rings is 1. The molecule has 4 aliphatic rings. The largest absolute Gasteiger partial charge is 0.396 e. The fourth-order valence-corrected chi connectivity index (χ4v) is 6.99. The Bertz CT molecular complexity index is 1280. The van der Waals surface area contributed by atoms with E-state index in [1.165, 1.54) is 66.2 Å². The Morgan fingerprint density at radius 2 is 1.68 bits per heavy atom. The van der Waals surface area contributed by atoms with E-state index in [0.29, 0.717) is 0 Å². The van der Waals surface area contributed by atoms with Crippen molar-refractivity contribution in [3.8, 4) is 0 Å². The molecule has 41 heavy (non-hydrogen) atoms. The van der Waals surface area contributed by atoms with Gasteiger partial charge in [0.05, 0.1) is 28.7 Å². The van der Waals surface area contributed by atoms with Crippen LogP contribution in [0, 0.1) is 0 Å². The number of nitrogens with one attached hydrogen (secondary N) is 1. The van der Waals surface area contributed by atoms with Crippen LogP contribution < -0.4 is 11.1 Å². The summed E-state index contributed by atoms with van der Waals surface area (Å²) < 4.78 is 2.48. The van der Waals surface area contributed by atoms with Gasteiger partial charge >= 0.3 is 0 Å². The summed E-state index contributed by atoms with van der Waals surface area (Å²) in [5.41, 5.74) is 14.2. The third-order valence-corrected chi connectivity index (χ3v) is 9.48. The van der Waals surface area contributed by atoms with E-state index in [2.05, 4.69) is 79.0 Å². The molecule has 2 aromatic rings. The lowest BCUT2D eigenvalue weighted by molar-refractivity contribution is 0.0834. The minimum Gasteiger partial charge on any atom is -0.396 e. The number of benzene rings is 1. The van der Waals surface area contributed by atoms with Crippen molar-refractivity contribution in [3.05, 3.63) is 59.5 Å². The van der Waals surface area contributed by atoms with Crippen LogP contribution in [0.4, 0.5) is 5.69 Å². The molecule has 0 amide bonds. The minimum absolute atomic E-state index is 0.113. The lowest BCUT2D eigenvalue weighted by atomic mass is 10.00. The molecular formula is C33H49N7O. The van der Waals surface area contributed by atoms with Crippen molar-refractivity contribution in [1.29, 1.82) is 0 Å². The number of likely N-dealkylation sites (tertiary alicyclic amines) is 1. The standard InChI is InChI=1S/C33H49N7O/c1-36-22-24-37(25-23-36)15-4-16-39-17-5-18-40-30-7-3-2-6-29(30)31(34)33(40)32(39)26-8-10-27(11-9-26)35-14-21-38-19-12-28(41)13-20-38/h2-3,6-8,10-11,28,35,41H,4-5,9,12-25,34H2,1H3/b32-26+. The van der Waals surface area contributed by atoms with Crippen molar-refractivity contribution in [3.63, 3.8) is 0 Å². The average Bonchev–Trinajstić information content (AvgIpc) is 3.13. The first-order valence-electron chi connectivity index (χ1n) is 15.9. The fraction of sp³-hybridized carbons (Fsp3) is 0.576. The molecule has 0 spiro atoms. The maximum atomic E-state index is 9.78. The number of aryl methyl sites for hydroxylation is 1. The molecule has 6 rings (SSSR count). The Labute approximate surface area is 245 Å². The summed E-state index contributed by atoms with van der Waals surface area (Å²) in [5, 5.41) is 14.6. The first-order chi connectivity index (χ1) is 20.1. The van der Waals surface area contributed by atoms with Gasteiger partial charge in [-0.15, -0.1) is 0 Å². The number of rotatable bonds is 8. The second-order valence-corrected chi connectivity index (χ2v) is 12.3. The van der Waals surface area contributed by atoms with Crippen LogP contribution in [0.5, 0.6) is 0 Å². The molecule has 0 unspecified atom stereocenters. The van der Waals surface area contributed by atoms with E-state index in [4.69, 9.17) is 5.73 Å². The van der Waals surface area contributed by atoms with Crippen LogP contribution in [-0.4, -0.2) is 114 Å². The maximum Gasteiger partial charge on any atom is 0.0892 e. The number of nitrogens with two attached hydrogens (primary N) is 1. The Morgan fingerprint density at radius 3 is 2.46 bits per heavy atom. The van der Waals surface area contributed by atoms with Crippen LogP contribution in [0.3, 0.4) is 0 Å². The van der Waals surface area contributed by atoms with Gasteiger partial charge < -0.3 is 40.3 Å².